The van der Waals surface area contributed by atoms with Gasteiger partial charge in [-0.1, -0.05) is 17.7 Å². The van der Waals surface area contributed by atoms with Crippen LogP contribution in [0.3, 0.4) is 0 Å². The number of carbonyl (C=O) groups is 1. The van der Waals surface area contributed by atoms with Crippen LogP contribution in [0.2, 0.25) is 0 Å². The van der Waals surface area contributed by atoms with Crippen molar-refractivity contribution in [2.24, 2.45) is 5.92 Å². The van der Waals surface area contributed by atoms with Gasteiger partial charge >= 0.3 is 6.03 Å². The molecule has 1 aliphatic rings. The minimum Gasteiger partial charge on any atom is -0.341 e. The number of allylic oxidation sites excluding steroid dienone is 2. The summed E-state index contributed by atoms with van der Waals surface area (Å²) in [7, 11) is 1.62. The van der Waals surface area contributed by atoms with Gasteiger partial charge in [-0.05, 0) is 31.6 Å². The maximum atomic E-state index is 10.9. The Kier molecular flexibility index (Phi) is 4.80. The molecule has 1 atom stereocenters. The van der Waals surface area contributed by atoms with Gasteiger partial charge in [-0.2, -0.15) is 0 Å². The van der Waals surface area contributed by atoms with Crippen molar-refractivity contribution in [1.29, 1.82) is 0 Å². The van der Waals surface area contributed by atoms with Crippen LogP contribution < -0.4 is 10.6 Å². The van der Waals surface area contributed by atoms with E-state index >= 15 is 0 Å². The Morgan fingerprint density at radius 1 is 1.71 bits per heavy atom. The summed E-state index contributed by atoms with van der Waals surface area (Å²) in [5, 5.41) is 6.28. The van der Waals surface area contributed by atoms with Crippen LogP contribution in [0.1, 0.15) is 25.7 Å². The smallest absolute Gasteiger partial charge is 0.314 e. The van der Waals surface area contributed by atoms with Crippen molar-refractivity contribution in [1.82, 2.24) is 10.6 Å². The van der Waals surface area contributed by atoms with Crippen molar-refractivity contribution in [3.8, 4) is 0 Å². The number of urea groups is 1. The van der Waals surface area contributed by atoms with Crippen LogP contribution in [-0.4, -0.2) is 19.6 Å². The van der Waals surface area contributed by atoms with Gasteiger partial charge in [0.2, 0.25) is 0 Å². The van der Waals surface area contributed by atoms with E-state index < -0.39 is 0 Å². The minimum atomic E-state index is -0.109. The number of nitrogens with one attached hydrogen (secondary N) is 2. The highest BCUT2D eigenvalue weighted by atomic mass is 35.5. The molecule has 1 rings (SSSR count). The van der Waals surface area contributed by atoms with Crippen molar-refractivity contribution < 1.29 is 4.79 Å². The maximum absolute atomic E-state index is 10.9. The molecule has 80 valence electrons. The van der Waals surface area contributed by atoms with E-state index in [0.29, 0.717) is 5.92 Å². The maximum Gasteiger partial charge on any atom is 0.314 e. The zero-order valence-corrected chi connectivity index (χ0v) is 9.23. The molecule has 0 aromatic heterocycles. The molecule has 0 fully saturated rings. The molecule has 0 saturated heterocycles. The number of amides is 2. The monoisotopic (exact) mass is 216 g/mol. The lowest BCUT2D eigenvalue weighted by molar-refractivity contribution is 0.242. The van der Waals surface area contributed by atoms with Gasteiger partial charge in [0.15, 0.2) is 0 Å². The topological polar surface area (TPSA) is 41.1 Å². The molecule has 2 N–H and O–H groups in total. The highest BCUT2D eigenvalue weighted by molar-refractivity contribution is 6.29. The molecule has 0 unspecified atom stereocenters. The Hall–Kier alpha value is -0.700. The second-order valence-corrected chi connectivity index (χ2v) is 4.08. The van der Waals surface area contributed by atoms with Crippen LogP contribution in [0.4, 0.5) is 4.79 Å². The summed E-state index contributed by atoms with van der Waals surface area (Å²) in [6, 6.07) is -0.109. The lowest BCUT2D eigenvalue weighted by atomic mass is 9.91. The molecule has 2 amide bonds. The molecule has 14 heavy (non-hydrogen) atoms. The quantitative estimate of drug-likeness (QED) is 0.747. The Balaban J connectivity index is 2.13. The van der Waals surface area contributed by atoms with E-state index in [2.05, 4.69) is 16.7 Å². The van der Waals surface area contributed by atoms with Gasteiger partial charge in [0.05, 0.1) is 0 Å². The average Bonchev–Trinajstić information content (AvgIpc) is 2.17. The largest absolute Gasteiger partial charge is 0.341 e. The second kappa shape index (κ2) is 5.91. The minimum absolute atomic E-state index is 0.109. The Labute approximate surface area is 89.9 Å². The fraction of sp³-hybridized carbons (Fsp3) is 0.700. The zero-order chi connectivity index (χ0) is 10.4. The predicted molar refractivity (Wildman–Crippen MR) is 58.4 cm³/mol. The van der Waals surface area contributed by atoms with Gasteiger partial charge in [-0.15, -0.1) is 0 Å². The van der Waals surface area contributed by atoms with Crippen molar-refractivity contribution in [2.45, 2.75) is 25.7 Å². The predicted octanol–water partition coefficient (Wildman–Crippen LogP) is 2.23. The SMILES string of the molecule is CNC(=O)NCC[C@H]1CCC=C(Cl)C1. The first-order valence-corrected chi connectivity index (χ1v) is 5.40. The van der Waals surface area contributed by atoms with E-state index in [4.69, 9.17) is 11.6 Å². The van der Waals surface area contributed by atoms with E-state index in [-0.39, 0.29) is 6.03 Å². The van der Waals surface area contributed by atoms with Gasteiger partial charge in [0.1, 0.15) is 0 Å². The summed E-state index contributed by atoms with van der Waals surface area (Å²) in [4.78, 5) is 10.9. The average molecular weight is 217 g/mol. The summed E-state index contributed by atoms with van der Waals surface area (Å²) in [6.45, 7) is 0.731. The van der Waals surface area contributed by atoms with Crippen LogP contribution >= 0.6 is 11.6 Å². The lowest BCUT2D eigenvalue weighted by Gasteiger charge is -2.19. The molecule has 0 heterocycles. The molecule has 1 aliphatic carbocycles. The number of halogens is 1. The molecule has 0 bridgehead atoms. The molecule has 0 radical (unpaired) electrons. The first kappa shape index (κ1) is 11.4. The van der Waals surface area contributed by atoms with Crippen molar-refractivity contribution in [3.05, 3.63) is 11.1 Å². The summed E-state index contributed by atoms with van der Waals surface area (Å²) in [5.74, 6) is 0.629. The molecular weight excluding hydrogens is 200 g/mol. The van der Waals surface area contributed by atoms with Gasteiger partial charge in [0.25, 0.3) is 0 Å². The van der Waals surface area contributed by atoms with Gasteiger partial charge in [0, 0.05) is 18.6 Å². The number of rotatable bonds is 3. The third-order valence-electron chi connectivity index (χ3n) is 2.49. The Morgan fingerprint density at radius 2 is 2.50 bits per heavy atom. The fourth-order valence-corrected chi connectivity index (χ4v) is 1.99. The first-order valence-electron chi connectivity index (χ1n) is 5.02. The Morgan fingerprint density at radius 3 is 3.14 bits per heavy atom. The number of hydrogen-bond acceptors (Lipinski definition) is 1. The third kappa shape index (κ3) is 4.01. The number of carbonyl (C=O) groups excluding carboxylic acids is 1. The van der Waals surface area contributed by atoms with E-state index in [9.17, 15) is 4.79 Å². The van der Waals surface area contributed by atoms with Gasteiger partial charge in [-0.25, -0.2) is 4.79 Å². The van der Waals surface area contributed by atoms with Crippen LogP contribution in [-0.2, 0) is 0 Å². The molecule has 0 aliphatic heterocycles. The summed E-state index contributed by atoms with van der Waals surface area (Å²) in [5.41, 5.74) is 0. The molecular formula is C10H17ClN2O. The van der Waals surface area contributed by atoms with E-state index in [1.165, 1.54) is 6.42 Å². The Bertz CT molecular complexity index is 228. The second-order valence-electron chi connectivity index (χ2n) is 3.59. The normalized spacial score (nSPS) is 21.3. The summed E-state index contributed by atoms with van der Waals surface area (Å²) in [6.07, 6.45) is 6.33. The molecule has 0 aromatic rings. The van der Waals surface area contributed by atoms with Crippen molar-refractivity contribution in [3.63, 3.8) is 0 Å². The van der Waals surface area contributed by atoms with E-state index in [1.54, 1.807) is 7.05 Å². The first-order chi connectivity index (χ1) is 6.72. The molecule has 0 saturated carbocycles. The highest BCUT2D eigenvalue weighted by Crippen LogP contribution is 2.28. The van der Waals surface area contributed by atoms with Crippen LogP contribution in [0, 0.1) is 5.92 Å². The zero-order valence-electron chi connectivity index (χ0n) is 8.48. The third-order valence-corrected chi connectivity index (χ3v) is 2.80. The highest BCUT2D eigenvalue weighted by Gasteiger charge is 2.13. The lowest BCUT2D eigenvalue weighted by Crippen LogP contribution is -2.34. The summed E-state index contributed by atoms with van der Waals surface area (Å²) < 4.78 is 0. The van der Waals surface area contributed by atoms with Crippen LogP contribution in [0.15, 0.2) is 11.1 Å². The summed E-state index contributed by atoms with van der Waals surface area (Å²) >= 11 is 5.94. The number of hydrogen-bond donors (Lipinski definition) is 2. The van der Waals surface area contributed by atoms with Crippen molar-refractivity contribution in [2.75, 3.05) is 13.6 Å². The van der Waals surface area contributed by atoms with Gasteiger partial charge in [-0.3, -0.25) is 0 Å². The van der Waals surface area contributed by atoms with E-state index in [1.807, 2.05) is 0 Å². The molecule has 0 aromatic carbocycles. The molecule has 0 spiro atoms. The molecule has 3 nitrogen and oxygen atoms in total. The van der Waals surface area contributed by atoms with Crippen molar-refractivity contribution >= 4 is 17.6 Å². The standard InChI is InChI=1S/C10H17ClN2O/c1-12-10(14)13-6-5-8-3-2-4-9(11)7-8/h4,8H,2-3,5-7H2,1H3,(H2,12,13,14)/t8-/m1/s1. The van der Waals surface area contributed by atoms with E-state index in [0.717, 1.165) is 30.8 Å². The van der Waals surface area contributed by atoms with Crippen LogP contribution in [0.25, 0.3) is 0 Å². The molecule has 4 heteroatoms. The van der Waals surface area contributed by atoms with Crippen LogP contribution in [0.5, 0.6) is 0 Å². The fourth-order valence-electron chi connectivity index (χ4n) is 1.66. The van der Waals surface area contributed by atoms with Gasteiger partial charge < -0.3 is 10.6 Å².